The summed E-state index contributed by atoms with van der Waals surface area (Å²) in [6, 6.07) is 12.7. The van der Waals surface area contributed by atoms with E-state index < -0.39 is 23.0 Å². The van der Waals surface area contributed by atoms with E-state index in [9.17, 15) is 18.8 Å². The molecule has 1 aliphatic carbocycles. The van der Waals surface area contributed by atoms with Crippen LogP contribution in [0.4, 0.5) is 14.5 Å². The van der Waals surface area contributed by atoms with Gasteiger partial charge in [0.15, 0.2) is 5.78 Å². The number of hydrogen-bond donors (Lipinski definition) is 1. The maximum atomic E-state index is 14.8. The van der Waals surface area contributed by atoms with Crippen LogP contribution in [0.25, 0.3) is 0 Å². The van der Waals surface area contributed by atoms with Crippen LogP contribution in [0.3, 0.4) is 0 Å². The van der Waals surface area contributed by atoms with Crippen LogP contribution >= 0.6 is 0 Å². The molecular formula is C25H23F2N3O2. The zero-order valence-corrected chi connectivity index (χ0v) is 18.1. The van der Waals surface area contributed by atoms with Gasteiger partial charge in [-0.1, -0.05) is 32.0 Å². The normalized spacial score (nSPS) is 20.2. The summed E-state index contributed by atoms with van der Waals surface area (Å²) < 4.78 is 35.0. The van der Waals surface area contributed by atoms with Gasteiger partial charge in [0.2, 0.25) is 0 Å². The van der Waals surface area contributed by atoms with Crippen molar-refractivity contribution in [3.05, 3.63) is 82.3 Å². The third kappa shape index (κ3) is 3.42. The van der Waals surface area contributed by atoms with Crippen LogP contribution in [0.5, 0.6) is 5.75 Å². The SMILES string of the molecule is COc1cccc(C2C(C#N)=C(N)N(c3c(F)cccc3F)C3=C2C(=O)CC(C)(C)C3)c1. The molecule has 0 fully saturated rings. The van der Waals surface area contributed by atoms with Crippen molar-refractivity contribution in [3.63, 3.8) is 0 Å². The molecule has 4 rings (SSSR count). The fourth-order valence-corrected chi connectivity index (χ4v) is 4.62. The molecule has 0 aromatic heterocycles. The lowest BCUT2D eigenvalue weighted by Gasteiger charge is -2.43. The predicted octanol–water partition coefficient (Wildman–Crippen LogP) is 4.91. The van der Waals surface area contributed by atoms with Gasteiger partial charge >= 0.3 is 0 Å². The summed E-state index contributed by atoms with van der Waals surface area (Å²) in [7, 11) is 1.52. The highest BCUT2D eigenvalue weighted by Gasteiger charge is 2.45. The molecule has 0 saturated carbocycles. The largest absolute Gasteiger partial charge is 0.497 e. The molecule has 0 bridgehead atoms. The summed E-state index contributed by atoms with van der Waals surface area (Å²) in [6.45, 7) is 3.84. The minimum atomic E-state index is -0.826. The number of ketones is 1. The molecule has 7 heteroatoms. The quantitative estimate of drug-likeness (QED) is 0.741. The van der Waals surface area contributed by atoms with E-state index in [1.165, 1.54) is 18.1 Å². The first kappa shape index (κ1) is 21.6. The van der Waals surface area contributed by atoms with Gasteiger partial charge in [-0.25, -0.2) is 8.78 Å². The number of methoxy groups -OCH3 is 1. The number of carbonyl (C=O) groups excluding carboxylic acids is 1. The lowest BCUT2D eigenvalue weighted by Crippen LogP contribution is -2.42. The third-order valence-electron chi connectivity index (χ3n) is 5.97. The van der Waals surface area contributed by atoms with Crippen molar-refractivity contribution in [2.75, 3.05) is 12.0 Å². The molecule has 0 radical (unpaired) electrons. The molecule has 2 aliphatic rings. The maximum Gasteiger partial charge on any atom is 0.162 e. The minimum absolute atomic E-state index is 0.0627. The van der Waals surface area contributed by atoms with Crippen LogP contribution < -0.4 is 15.4 Å². The lowest BCUT2D eigenvalue weighted by molar-refractivity contribution is -0.118. The second kappa shape index (κ2) is 7.79. The van der Waals surface area contributed by atoms with Gasteiger partial charge in [0.25, 0.3) is 0 Å². The van der Waals surface area contributed by atoms with Gasteiger partial charge in [0.05, 0.1) is 24.7 Å². The molecule has 1 heterocycles. The fraction of sp³-hybridized carbons (Fsp3) is 0.280. The number of rotatable bonds is 3. The Kier molecular flexibility index (Phi) is 5.25. The molecule has 1 unspecified atom stereocenters. The molecule has 0 spiro atoms. The Morgan fingerprint density at radius 2 is 1.81 bits per heavy atom. The predicted molar refractivity (Wildman–Crippen MR) is 116 cm³/mol. The number of Topliss-reactive ketones (excluding diaryl/α,β-unsaturated/α-hetero) is 1. The number of para-hydroxylation sites is 1. The van der Waals surface area contributed by atoms with Crippen molar-refractivity contribution < 1.29 is 18.3 Å². The smallest absolute Gasteiger partial charge is 0.162 e. The average molecular weight is 435 g/mol. The summed E-state index contributed by atoms with van der Waals surface area (Å²) in [5.74, 6) is -2.11. The van der Waals surface area contributed by atoms with Gasteiger partial charge in [-0.2, -0.15) is 5.26 Å². The molecule has 1 aliphatic heterocycles. The van der Waals surface area contributed by atoms with Crippen molar-refractivity contribution in [1.82, 2.24) is 0 Å². The van der Waals surface area contributed by atoms with Crippen LogP contribution in [0.2, 0.25) is 0 Å². The van der Waals surface area contributed by atoms with Crippen molar-refractivity contribution in [2.45, 2.75) is 32.6 Å². The lowest BCUT2D eigenvalue weighted by atomic mass is 9.68. The zero-order valence-electron chi connectivity index (χ0n) is 18.1. The van der Waals surface area contributed by atoms with Gasteiger partial charge in [-0.05, 0) is 41.7 Å². The molecule has 164 valence electrons. The summed E-state index contributed by atoms with van der Waals surface area (Å²) >= 11 is 0. The molecule has 5 nitrogen and oxygen atoms in total. The van der Waals surface area contributed by atoms with Gasteiger partial charge in [-0.3, -0.25) is 9.69 Å². The second-order valence-electron chi connectivity index (χ2n) is 8.83. The van der Waals surface area contributed by atoms with Gasteiger partial charge in [0, 0.05) is 17.7 Å². The Balaban J connectivity index is 2.05. The highest BCUT2D eigenvalue weighted by molar-refractivity contribution is 6.01. The van der Waals surface area contributed by atoms with E-state index >= 15 is 0 Å². The van der Waals surface area contributed by atoms with Gasteiger partial charge < -0.3 is 10.5 Å². The van der Waals surface area contributed by atoms with E-state index in [-0.39, 0.29) is 29.3 Å². The highest BCUT2D eigenvalue weighted by Crippen LogP contribution is 2.51. The summed E-state index contributed by atoms with van der Waals surface area (Å²) in [4.78, 5) is 14.6. The van der Waals surface area contributed by atoms with Crippen molar-refractivity contribution in [3.8, 4) is 11.8 Å². The zero-order chi connectivity index (χ0) is 23.2. The van der Waals surface area contributed by atoms with E-state index in [1.807, 2.05) is 13.8 Å². The monoisotopic (exact) mass is 435 g/mol. The van der Waals surface area contributed by atoms with Crippen LogP contribution in [0.15, 0.2) is 65.1 Å². The fourth-order valence-electron chi connectivity index (χ4n) is 4.62. The summed E-state index contributed by atoms with van der Waals surface area (Å²) in [5, 5.41) is 10.0. The molecule has 2 aromatic rings. The number of benzene rings is 2. The number of halogens is 2. The molecule has 32 heavy (non-hydrogen) atoms. The Morgan fingerprint density at radius 3 is 2.44 bits per heavy atom. The number of allylic oxidation sites excluding steroid dienone is 3. The molecule has 2 N–H and O–H groups in total. The summed E-state index contributed by atoms with van der Waals surface area (Å²) in [6.07, 6.45) is 0.611. The first-order valence-corrected chi connectivity index (χ1v) is 10.2. The summed E-state index contributed by atoms with van der Waals surface area (Å²) in [5.41, 5.74) is 7.05. The van der Waals surface area contributed by atoms with Crippen molar-refractivity contribution in [2.24, 2.45) is 11.1 Å². The molecule has 0 amide bonds. The Bertz CT molecular complexity index is 1200. The van der Waals surface area contributed by atoms with E-state index in [0.717, 1.165) is 12.1 Å². The third-order valence-corrected chi connectivity index (χ3v) is 5.97. The number of nitrogens with two attached hydrogens (primary N) is 1. The van der Waals surface area contributed by atoms with Gasteiger partial charge in [-0.15, -0.1) is 0 Å². The standard InChI is InChI=1S/C25H23F2N3O2/c1-25(2)11-19-22(20(31)12-25)21(14-6-4-7-15(10-14)32-3)16(13-28)24(29)30(19)23-17(26)8-5-9-18(23)27/h4-10,21H,11-12,29H2,1-3H3. The Labute approximate surface area is 185 Å². The molecule has 1 atom stereocenters. The number of hydrogen-bond acceptors (Lipinski definition) is 5. The maximum absolute atomic E-state index is 14.8. The second-order valence-corrected chi connectivity index (χ2v) is 8.83. The molecule has 0 saturated heterocycles. The average Bonchev–Trinajstić information content (AvgIpc) is 2.73. The number of nitrogens with zero attached hydrogens (tertiary/aromatic N) is 2. The van der Waals surface area contributed by atoms with E-state index in [4.69, 9.17) is 10.5 Å². The van der Waals surface area contributed by atoms with Crippen molar-refractivity contribution >= 4 is 11.5 Å². The van der Waals surface area contributed by atoms with E-state index in [1.54, 1.807) is 24.3 Å². The van der Waals surface area contributed by atoms with E-state index in [2.05, 4.69) is 6.07 Å². The Hall–Kier alpha value is -3.66. The van der Waals surface area contributed by atoms with Crippen LogP contribution in [-0.4, -0.2) is 12.9 Å². The number of ether oxygens (including phenoxy) is 1. The number of carbonyl (C=O) groups is 1. The minimum Gasteiger partial charge on any atom is -0.497 e. The van der Waals surface area contributed by atoms with Crippen LogP contribution in [0, 0.1) is 28.4 Å². The molecular weight excluding hydrogens is 412 g/mol. The van der Waals surface area contributed by atoms with Crippen LogP contribution in [0.1, 0.15) is 38.2 Å². The van der Waals surface area contributed by atoms with Crippen molar-refractivity contribution in [1.29, 1.82) is 5.26 Å². The van der Waals surface area contributed by atoms with Crippen LogP contribution in [-0.2, 0) is 4.79 Å². The van der Waals surface area contributed by atoms with Gasteiger partial charge in [0.1, 0.15) is 28.9 Å². The first-order chi connectivity index (χ1) is 15.2. The highest BCUT2D eigenvalue weighted by atomic mass is 19.1. The first-order valence-electron chi connectivity index (χ1n) is 10.2. The Morgan fingerprint density at radius 1 is 1.16 bits per heavy atom. The topological polar surface area (TPSA) is 79.3 Å². The number of nitriles is 1. The number of anilines is 1. The molecule has 2 aromatic carbocycles. The van der Waals surface area contributed by atoms with E-state index in [0.29, 0.717) is 29.0 Å².